The second-order valence-corrected chi connectivity index (χ2v) is 13.3. The molecule has 0 saturated carbocycles. The first-order chi connectivity index (χ1) is 19.6. The van der Waals surface area contributed by atoms with Gasteiger partial charge in [0.1, 0.15) is 0 Å². The van der Waals surface area contributed by atoms with Gasteiger partial charge in [0.25, 0.3) is 0 Å². The molecule has 42 heavy (non-hydrogen) atoms. The number of carbonyl (C=O) groups is 2. The minimum Gasteiger partial charge on any atom is -0.295 e. The van der Waals surface area contributed by atoms with Crippen molar-refractivity contribution in [2.45, 2.75) is 94.9 Å². The maximum absolute atomic E-state index is 12.3. The zero-order chi connectivity index (χ0) is 31.5. The Bertz CT molecular complexity index is 1380. The Balaban J connectivity index is 1.91. The van der Waals surface area contributed by atoms with Crippen molar-refractivity contribution < 1.29 is 9.59 Å². The average molecular weight is 565 g/mol. The summed E-state index contributed by atoms with van der Waals surface area (Å²) in [5, 5.41) is 0. The van der Waals surface area contributed by atoms with E-state index >= 15 is 0 Å². The molecule has 2 rings (SSSR count). The molecule has 0 fully saturated rings. The van der Waals surface area contributed by atoms with Gasteiger partial charge in [-0.15, -0.1) is 0 Å². The van der Waals surface area contributed by atoms with Crippen LogP contribution in [0.4, 0.5) is 0 Å². The van der Waals surface area contributed by atoms with Crippen LogP contribution in [0.2, 0.25) is 0 Å². The van der Waals surface area contributed by atoms with Crippen LogP contribution in [-0.4, -0.2) is 11.6 Å². The predicted octanol–water partition coefficient (Wildman–Crippen LogP) is 11.0. The molecule has 0 radical (unpaired) electrons. The molecule has 0 aromatic heterocycles. The van der Waals surface area contributed by atoms with Gasteiger partial charge >= 0.3 is 0 Å². The van der Waals surface area contributed by atoms with Gasteiger partial charge < -0.3 is 0 Å². The van der Waals surface area contributed by atoms with Crippen molar-refractivity contribution in [3.63, 3.8) is 0 Å². The van der Waals surface area contributed by atoms with Gasteiger partial charge in [-0.3, -0.25) is 9.59 Å². The van der Waals surface area contributed by atoms with Gasteiger partial charge in [0.15, 0.2) is 11.6 Å². The van der Waals surface area contributed by atoms with Crippen molar-refractivity contribution in [2.24, 2.45) is 10.8 Å². The highest BCUT2D eigenvalue weighted by Crippen LogP contribution is 2.39. The fourth-order valence-electron chi connectivity index (χ4n) is 5.18. The van der Waals surface area contributed by atoms with Gasteiger partial charge in [0.2, 0.25) is 0 Å². The van der Waals surface area contributed by atoms with E-state index < -0.39 is 0 Å². The van der Waals surface area contributed by atoms with Crippen LogP contribution in [0.25, 0.3) is 0 Å². The second kappa shape index (κ2) is 15.6. The topological polar surface area (TPSA) is 34.1 Å². The summed E-state index contributed by atoms with van der Waals surface area (Å²) < 4.78 is 0. The summed E-state index contributed by atoms with van der Waals surface area (Å²) in [6, 6.07) is 0. The Kier molecular flexibility index (Phi) is 12.9. The van der Waals surface area contributed by atoms with Crippen LogP contribution in [0.5, 0.6) is 0 Å². The zero-order valence-electron chi connectivity index (χ0n) is 27.7. The molecule has 0 unspecified atom stereocenters. The first-order valence-electron chi connectivity index (χ1n) is 15.2. The van der Waals surface area contributed by atoms with E-state index in [4.69, 9.17) is 0 Å². The predicted molar refractivity (Wildman–Crippen MR) is 182 cm³/mol. The Morgan fingerprint density at radius 2 is 1.07 bits per heavy atom. The van der Waals surface area contributed by atoms with E-state index in [0.717, 1.165) is 57.4 Å². The molecule has 2 aliphatic rings. The molecule has 0 spiro atoms. The van der Waals surface area contributed by atoms with Gasteiger partial charge in [0.05, 0.1) is 0 Å². The minimum atomic E-state index is 0.0364. The highest BCUT2D eigenvalue weighted by Gasteiger charge is 2.31. The van der Waals surface area contributed by atoms with Crippen molar-refractivity contribution in [1.29, 1.82) is 0 Å². The minimum absolute atomic E-state index is 0.0364. The van der Waals surface area contributed by atoms with Crippen LogP contribution in [0.3, 0.4) is 0 Å². The molecule has 0 bridgehead atoms. The third-order valence-corrected chi connectivity index (χ3v) is 8.06. The Hall–Kier alpha value is -3.52. The summed E-state index contributed by atoms with van der Waals surface area (Å²) in [6.07, 6.45) is 32.4. The standard InChI is InChI=1S/C40H52O2/c1-29(17-13-19-31(3)21-23-35-27-39(7,8)28-38(42)33(35)5)15-11-12-16-30(2)18-14-20-32(4)22-24-36-34(6)37(41)25-26-40(36,9)10/h11-24H,25-28H2,1-10H3/b12-11+,17-13+,18-14+,23-21+,24-22+,29-15+,30-16-,31-19+,32-20+. The van der Waals surface area contributed by atoms with Crippen LogP contribution in [0.1, 0.15) is 94.9 Å². The monoisotopic (exact) mass is 564 g/mol. The van der Waals surface area contributed by atoms with E-state index in [1.165, 1.54) is 0 Å². The van der Waals surface area contributed by atoms with Crippen LogP contribution in [-0.2, 0) is 9.59 Å². The zero-order valence-corrected chi connectivity index (χ0v) is 27.7. The normalized spacial score (nSPS) is 21.6. The molecule has 0 aromatic rings. The molecule has 0 aromatic carbocycles. The number of Topliss-reactive ketones (excluding diaryl/α,β-unsaturated/α-hetero) is 2. The van der Waals surface area contributed by atoms with Crippen LogP contribution in [0.15, 0.2) is 130 Å². The molecule has 2 nitrogen and oxygen atoms in total. The SMILES string of the molecule is CC1=C(/C=C/C(C)=C/C=C/C(C)=C/C=C/C=C(C)\C=C\C=C(C)\C=C\C2=C(C)C(=O)CCC2(C)C)CC(C)(C)CC1=O. The molecule has 0 heterocycles. The summed E-state index contributed by atoms with van der Waals surface area (Å²) >= 11 is 0. The van der Waals surface area contributed by atoms with Crippen molar-refractivity contribution in [2.75, 3.05) is 0 Å². The number of ketones is 2. The van der Waals surface area contributed by atoms with E-state index in [0.29, 0.717) is 12.8 Å². The fraction of sp³-hybridized carbons (Fsp3) is 0.400. The van der Waals surface area contributed by atoms with E-state index in [1.807, 2.05) is 13.8 Å². The number of carbonyl (C=O) groups excluding carboxylic acids is 2. The van der Waals surface area contributed by atoms with Crippen molar-refractivity contribution in [3.8, 4) is 0 Å². The first kappa shape index (κ1) is 34.7. The lowest BCUT2D eigenvalue weighted by molar-refractivity contribution is -0.118. The summed E-state index contributed by atoms with van der Waals surface area (Å²) in [7, 11) is 0. The van der Waals surface area contributed by atoms with Gasteiger partial charge in [-0.05, 0) is 87.5 Å². The molecule has 0 amide bonds. The van der Waals surface area contributed by atoms with Crippen molar-refractivity contribution in [3.05, 3.63) is 130 Å². The molecule has 2 heteroatoms. The lowest BCUT2D eigenvalue weighted by Gasteiger charge is -2.32. The molecule has 0 N–H and O–H groups in total. The smallest absolute Gasteiger partial charge is 0.159 e. The Labute approximate surface area is 256 Å². The summed E-state index contributed by atoms with van der Waals surface area (Å²) in [5.41, 5.74) is 8.82. The number of hydrogen-bond acceptors (Lipinski definition) is 2. The molecule has 0 atom stereocenters. The third-order valence-electron chi connectivity index (χ3n) is 8.06. The van der Waals surface area contributed by atoms with Gasteiger partial charge in [-0.2, -0.15) is 0 Å². The first-order valence-corrected chi connectivity index (χ1v) is 15.2. The second-order valence-electron chi connectivity index (χ2n) is 13.3. The lowest BCUT2D eigenvalue weighted by Crippen LogP contribution is -2.24. The largest absolute Gasteiger partial charge is 0.295 e. The van der Waals surface area contributed by atoms with Crippen LogP contribution >= 0.6 is 0 Å². The highest BCUT2D eigenvalue weighted by molar-refractivity contribution is 5.98. The number of rotatable bonds is 10. The van der Waals surface area contributed by atoms with Gasteiger partial charge in [0, 0.05) is 12.8 Å². The van der Waals surface area contributed by atoms with E-state index in [9.17, 15) is 9.59 Å². The number of allylic oxidation sites excluding steroid dienone is 22. The lowest BCUT2D eigenvalue weighted by atomic mass is 9.72. The van der Waals surface area contributed by atoms with E-state index in [2.05, 4.69) is 140 Å². The maximum Gasteiger partial charge on any atom is 0.159 e. The van der Waals surface area contributed by atoms with Gasteiger partial charge in [-0.1, -0.05) is 135 Å². The Morgan fingerprint density at radius 3 is 1.62 bits per heavy atom. The summed E-state index contributed by atoms with van der Waals surface area (Å²) in [6.45, 7) is 21.0. The summed E-state index contributed by atoms with van der Waals surface area (Å²) in [5.74, 6) is 0.539. The summed E-state index contributed by atoms with van der Waals surface area (Å²) in [4.78, 5) is 24.4. The Morgan fingerprint density at radius 1 is 0.595 bits per heavy atom. The maximum atomic E-state index is 12.3. The fourth-order valence-corrected chi connectivity index (χ4v) is 5.18. The van der Waals surface area contributed by atoms with Crippen LogP contribution in [0, 0.1) is 10.8 Å². The number of hydrogen-bond donors (Lipinski definition) is 0. The van der Waals surface area contributed by atoms with Crippen molar-refractivity contribution >= 4 is 11.6 Å². The molecule has 0 aliphatic heterocycles. The van der Waals surface area contributed by atoms with Gasteiger partial charge in [-0.25, -0.2) is 0 Å². The highest BCUT2D eigenvalue weighted by atomic mass is 16.1. The van der Waals surface area contributed by atoms with Crippen LogP contribution < -0.4 is 0 Å². The molecular formula is C40H52O2. The molecular weight excluding hydrogens is 512 g/mol. The van der Waals surface area contributed by atoms with E-state index in [1.54, 1.807) is 0 Å². The van der Waals surface area contributed by atoms with E-state index in [-0.39, 0.29) is 22.4 Å². The quantitative estimate of drug-likeness (QED) is 0.247. The molecule has 0 saturated heterocycles. The van der Waals surface area contributed by atoms with Crippen molar-refractivity contribution in [1.82, 2.24) is 0 Å². The third kappa shape index (κ3) is 11.4. The molecule has 2 aliphatic carbocycles. The average Bonchev–Trinajstić information content (AvgIpc) is 2.89. The molecule has 224 valence electrons.